The largest absolute Gasteiger partial charge is 0.362 e. The molecule has 1 aliphatic rings. The van der Waals surface area contributed by atoms with E-state index in [4.69, 9.17) is 9.97 Å². The molecule has 198 valence electrons. The third kappa shape index (κ3) is 5.64. The minimum Gasteiger partial charge on any atom is -0.362 e. The van der Waals surface area contributed by atoms with E-state index in [0.717, 1.165) is 66.6 Å². The van der Waals surface area contributed by atoms with Crippen molar-refractivity contribution in [1.82, 2.24) is 25.1 Å². The Morgan fingerprint density at radius 1 is 1.00 bits per heavy atom. The van der Waals surface area contributed by atoms with Crippen LogP contribution >= 0.6 is 0 Å². The molecular formula is C30H37N7O. The lowest BCUT2D eigenvalue weighted by Crippen LogP contribution is -2.34. The molecule has 2 N–H and O–H groups in total. The number of hydrogen-bond donors (Lipinski definition) is 2. The minimum absolute atomic E-state index is 0.0309. The molecular weight excluding hydrogens is 474 g/mol. The van der Waals surface area contributed by atoms with Crippen molar-refractivity contribution in [2.24, 2.45) is 5.92 Å². The number of nitrogens with one attached hydrogen (secondary N) is 2. The smallest absolute Gasteiger partial charge is 0.254 e. The number of benzene rings is 2. The van der Waals surface area contributed by atoms with E-state index >= 15 is 0 Å². The van der Waals surface area contributed by atoms with Gasteiger partial charge in [-0.3, -0.25) is 4.79 Å². The van der Waals surface area contributed by atoms with E-state index in [9.17, 15) is 4.79 Å². The Morgan fingerprint density at radius 2 is 1.74 bits per heavy atom. The van der Waals surface area contributed by atoms with Crippen LogP contribution in [0.4, 0.5) is 11.8 Å². The van der Waals surface area contributed by atoms with Crippen LogP contribution in [-0.4, -0.2) is 52.3 Å². The van der Waals surface area contributed by atoms with Crippen molar-refractivity contribution < 1.29 is 4.79 Å². The van der Waals surface area contributed by atoms with Gasteiger partial charge in [-0.1, -0.05) is 43.7 Å². The van der Waals surface area contributed by atoms with Crippen molar-refractivity contribution in [2.45, 2.75) is 51.5 Å². The molecule has 0 saturated heterocycles. The molecule has 0 bridgehead atoms. The predicted molar refractivity (Wildman–Crippen MR) is 153 cm³/mol. The summed E-state index contributed by atoms with van der Waals surface area (Å²) in [4.78, 5) is 24.7. The van der Waals surface area contributed by atoms with E-state index in [0.29, 0.717) is 30.0 Å². The first-order chi connectivity index (χ1) is 18.5. The van der Waals surface area contributed by atoms with Gasteiger partial charge in [0.1, 0.15) is 5.82 Å². The Morgan fingerprint density at radius 3 is 2.47 bits per heavy atom. The standard InChI is InChI=1S/C30H37N7O/c1-4-10-27-25(20-32-37(27)23-11-6-5-7-12-23)29(38)31-19-21-15-17-22(18-16-21)33-30-34-26-14-9-8-13-24(26)28(35-30)36(2)3/h5-9,11-14,20-22H,4,10,15-19H2,1-3H3,(H,31,38)(H,33,34,35)/t21-,22+. The first-order valence-electron chi connectivity index (χ1n) is 13.6. The first kappa shape index (κ1) is 25.7. The van der Waals surface area contributed by atoms with Crippen molar-refractivity contribution in [2.75, 3.05) is 30.9 Å². The highest BCUT2D eigenvalue weighted by molar-refractivity contribution is 5.95. The molecule has 0 aliphatic heterocycles. The van der Waals surface area contributed by atoms with Gasteiger partial charge in [0.2, 0.25) is 5.95 Å². The Balaban J connectivity index is 1.17. The molecule has 1 amide bonds. The van der Waals surface area contributed by atoms with E-state index in [-0.39, 0.29) is 5.91 Å². The second kappa shape index (κ2) is 11.6. The number of anilines is 2. The fraction of sp³-hybridized carbons (Fsp3) is 0.400. The zero-order valence-corrected chi connectivity index (χ0v) is 22.5. The van der Waals surface area contributed by atoms with E-state index in [1.54, 1.807) is 6.20 Å². The summed E-state index contributed by atoms with van der Waals surface area (Å²) in [6.07, 6.45) is 7.63. The molecule has 0 unspecified atom stereocenters. The van der Waals surface area contributed by atoms with Gasteiger partial charge in [-0.2, -0.15) is 10.1 Å². The second-order valence-corrected chi connectivity index (χ2v) is 10.4. The predicted octanol–water partition coefficient (Wildman–Crippen LogP) is 5.23. The van der Waals surface area contributed by atoms with Crippen molar-refractivity contribution >= 4 is 28.6 Å². The van der Waals surface area contributed by atoms with Crippen molar-refractivity contribution in [3.8, 4) is 5.69 Å². The van der Waals surface area contributed by atoms with Crippen LogP contribution in [0.5, 0.6) is 0 Å². The first-order valence-corrected chi connectivity index (χ1v) is 13.6. The minimum atomic E-state index is -0.0309. The highest BCUT2D eigenvalue weighted by atomic mass is 16.1. The molecule has 2 aromatic heterocycles. The number of carbonyl (C=O) groups excluding carboxylic acids is 1. The van der Waals surface area contributed by atoms with Gasteiger partial charge in [0.05, 0.1) is 28.7 Å². The zero-order valence-electron chi connectivity index (χ0n) is 22.5. The summed E-state index contributed by atoms with van der Waals surface area (Å²) >= 11 is 0. The number of rotatable bonds is 9. The van der Waals surface area contributed by atoms with Crippen LogP contribution in [0.2, 0.25) is 0 Å². The van der Waals surface area contributed by atoms with Gasteiger partial charge < -0.3 is 15.5 Å². The third-order valence-electron chi connectivity index (χ3n) is 7.34. The number of amides is 1. The summed E-state index contributed by atoms with van der Waals surface area (Å²) in [5.41, 5.74) is 3.57. The lowest BCUT2D eigenvalue weighted by Gasteiger charge is -2.29. The van der Waals surface area contributed by atoms with Gasteiger partial charge in [-0.15, -0.1) is 0 Å². The van der Waals surface area contributed by atoms with E-state index in [1.165, 1.54) is 0 Å². The Labute approximate surface area is 224 Å². The maximum absolute atomic E-state index is 13.1. The molecule has 4 aromatic rings. The zero-order chi connectivity index (χ0) is 26.5. The third-order valence-corrected chi connectivity index (χ3v) is 7.34. The molecule has 2 heterocycles. The SMILES string of the molecule is CCCc1c(C(=O)NC[C@H]2CC[C@@H](Nc3nc(N(C)C)c4ccccc4n3)CC2)cnn1-c1ccccc1. The van der Waals surface area contributed by atoms with Gasteiger partial charge in [0, 0.05) is 32.1 Å². The summed E-state index contributed by atoms with van der Waals surface area (Å²) in [7, 11) is 4.02. The maximum atomic E-state index is 13.1. The van der Waals surface area contributed by atoms with Gasteiger partial charge in [0.25, 0.3) is 5.91 Å². The molecule has 0 radical (unpaired) electrons. The number of fused-ring (bicyclic) bond motifs is 1. The summed E-state index contributed by atoms with van der Waals surface area (Å²) in [6.45, 7) is 2.81. The van der Waals surface area contributed by atoms with Gasteiger partial charge in [0.15, 0.2) is 0 Å². The van der Waals surface area contributed by atoms with Crippen LogP contribution < -0.4 is 15.5 Å². The molecule has 1 fully saturated rings. The van der Waals surface area contributed by atoms with Crippen LogP contribution in [0, 0.1) is 5.92 Å². The second-order valence-electron chi connectivity index (χ2n) is 10.4. The molecule has 8 heteroatoms. The summed E-state index contributed by atoms with van der Waals surface area (Å²) in [5, 5.41) is 12.4. The lowest BCUT2D eigenvalue weighted by atomic mass is 9.86. The van der Waals surface area contributed by atoms with Crippen LogP contribution in [0.3, 0.4) is 0 Å². The number of para-hydroxylation sites is 2. The normalized spacial score (nSPS) is 17.3. The molecule has 38 heavy (non-hydrogen) atoms. The van der Waals surface area contributed by atoms with Gasteiger partial charge in [-0.05, 0) is 62.3 Å². The fourth-order valence-electron chi connectivity index (χ4n) is 5.32. The summed E-state index contributed by atoms with van der Waals surface area (Å²) < 4.78 is 1.89. The van der Waals surface area contributed by atoms with Crippen molar-refractivity contribution in [3.05, 3.63) is 72.1 Å². The molecule has 0 spiro atoms. The van der Waals surface area contributed by atoms with Crippen molar-refractivity contribution in [1.29, 1.82) is 0 Å². The number of aromatic nitrogens is 4. The van der Waals surface area contributed by atoms with E-state index in [2.05, 4.69) is 28.7 Å². The molecule has 0 atom stereocenters. The highest BCUT2D eigenvalue weighted by Gasteiger charge is 2.24. The number of nitrogens with zero attached hydrogens (tertiary/aromatic N) is 5. The topological polar surface area (TPSA) is 88.0 Å². The van der Waals surface area contributed by atoms with E-state index in [1.807, 2.05) is 72.2 Å². The molecule has 2 aromatic carbocycles. The lowest BCUT2D eigenvalue weighted by molar-refractivity contribution is 0.0942. The van der Waals surface area contributed by atoms with Crippen LogP contribution in [0.25, 0.3) is 16.6 Å². The quantitative estimate of drug-likeness (QED) is 0.320. The molecule has 1 saturated carbocycles. The van der Waals surface area contributed by atoms with Gasteiger partial charge >= 0.3 is 0 Å². The Hall–Kier alpha value is -3.94. The summed E-state index contributed by atoms with van der Waals surface area (Å²) in [6, 6.07) is 18.5. The van der Waals surface area contributed by atoms with Crippen molar-refractivity contribution in [3.63, 3.8) is 0 Å². The summed E-state index contributed by atoms with van der Waals surface area (Å²) in [5.74, 6) is 2.04. The van der Waals surface area contributed by atoms with Crippen LogP contribution in [0.15, 0.2) is 60.8 Å². The van der Waals surface area contributed by atoms with Gasteiger partial charge in [-0.25, -0.2) is 9.67 Å². The number of hydrogen-bond acceptors (Lipinski definition) is 6. The average Bonchev–Trinajstić information content (AvgIpc) is 3.36. The molecule has 1 aliphatic carbocycles. The van der Waals surface area contributed by atoms with Crippen LogP contribution in [-0.2, 0) is 6.42 Å². The maximum Gasteiger partial charge on any atom is 0.254 e. The molecule has 5 rings (SSSR count). The molecule has 8 nitrogen and oxygen atoms in total. The fourth-order valence-corrected chi connectivity index (χ4v) is 5.32. The highest BCUT2D eigenvalue weighted by Crippen LogP contribution is 2.28. The number of carbonyl (C=O) groups is 1. The Bertz CT molecular complexity index is 1370. The van der Waals surface area contributed by atoms with Crippen LogP contribution in [0.1, 0.15) is 55.1 Å². The average molecular weight is 512 g/mol. The monoisotopic (exact) mass is 511 g/mol. The van der Waals surface area contributed by atoms with E-state index < -0.39 is 0 Å². The Kier molecular flexibility index (Phi) is 7.86.